The molecule has 1 N–H and O–H groups in total. The van der Waals surface area contributed by atoms with E-state index < -0.39 is 0 Å². The van der Waals surface area contributed by atoms with E-state index in [4.69, 9.17) is 0 Å². The van der Waals surface area contributed by atoms with Crippen molar-refractivity contribution in [3.8, 4) is 5.69 Å². The van der Waals surface area contributed by atoms with E-state index in [0.29, 0.717) is 6.54 Å². The first-order valence-electron chi connectivity index (χ1n) is 9.17. The summed E-state index contributed by atoms with van der Waals surface area (Å²) in [6.07, 6.45) is 9.44. The zero-order chi connectivity index (χ0) is 19.2. The summed E-state index contributed by atoms with van der Waals surface area (Å²) < 4.78 is 1.97. The van der Waals surface area contributed by atoms with Gasteiger partial charge in [-0.25, -0.2) is 9.97 Å². The lowest BCUT2D eigenvalue weighted by Crippen LogP contribution is -2.23. The Kier molecular flexibility index (Phi) is 5.24. The Balaban J connectivity index is 1.35. The highest BCUT2D eigenvalue weighted by atomic mass is 16.1. The van der Waals surface area contributed by atoms with Crippen LogP contribution >= 0.6 is 0 Å². The summed E-state index contributed by atoms with van der Waals surface area (Å²) >= 11 is 0. The number of aromatic nitrogens is 3. The van der Waals surface area contributed by atoms with Crippen LogP contribution in [0.15, 0.2) is 85.5 Å². The van der Waals surface area contributed by atoms with Crippen molar-refractivity contribution >= 4 is 22.9 Å². The topological polar surface area (TPSA) is 59.8 Å². The predicted octanol–water partition coefficient (Wildman–Crippen LogP) is 3.79. The molecule has 1 amide bonds. The Morgan fingerprint density at radius 3 is 2.79 bits per heavy atom. The smallest absolute Gasteiger partial charge is 0.244 e. The van der Waals surface area contributed by atoms with E-state index in [-0.39, 0.29) is 5.91 Å². The van der Waals surface area contributed by atoms with Crippen LogP contribution in [0, 0.1) is 0 Å². The van der Waals surface area contributed by atoms with Crippen LogP contribution < -0.4 is 5.32 Å². The van der Waals surface area contributed by atoms with Crippen molar-refractivity contribution in [3.63, 3.8) is 0 Å². The van der Waals surface area contributed by atoms with Gasteiger partial charge in [-0.2, -0.15) is 0 Å². The maximum Gasteiger partial charge on any atom is 0.244 e. The number of nitrogens with one attached hydrogen (secondary N) is 1. The van der Waals surface area contributed by atoms with E-state index in [1.54, 1.807) is 18.6 Å². The first kappa shape index (κ1) is 17.7. The summed E-state index contributed by atoms with van der Waals surface area (Å²) in [4.78, 5) is 20.8. The Morgan fingerprint density at radius 1 is 1.04 bits per heavy atom. The van der Waals surface area contributed by atoms with Crippen LogP contribution in [-0.2, 0) is 11.2 Å². The van der Waals surface area contributed by atoms with Gasteiger partial charge in [-0.15, -0.1) is 0 Å². The molecule has 2 heterocycles. The molecule has 4 rings (SSSR count). The fraction of sp³-hybridized carbons (Fsp3) is 0.0870. The molecular formula is C23H20N4O. The second-order valence-corrected chi connectivity index (χ2v) is 6.40. The van der Waals surface area contributed by atoms with Crippen molar-refractivity contribution in [3.05, 3.63) is 96.7 Å². The molecule has 0 atom stereocenters. The number of carbonyl (C=O) groups is 1. The van der Waals surface area contributed by atoms with Gasteiger partial charge in [-0.3, -0.25) is 4.79 Å². The Labute approximate surface area is 163 Å². The highest BCUT2D eigenvalue weighted by Crippen LogP contribution is 2.14. The molecule has 0 bridgehead atoms. The zero-order valence-electron chi connectivity index (χ0n) is 15.3. The minimum absolute atomic E-state index is 0.130. The number of imidazole rings is 1. The number of carbonyl (C=O) groups excluding carboxylic acids is 1. The van der Waals surface area contributed by atoms with Gasteiger partial charge in [0.15, 0.2) is 0 Å². The van der Waals surface area contributed by atoms with Crippen molar-refractivity contribution in [2.45, 2.75) is 6.42 Å². The number of pyridine rings is 1. The lowest BCUT2D eigenvalue weighted by Gasteiger charge is -2.10. The van der Waals surface area contributed by atoms with E-state index in [2.05, 4.69) is 21.4 Å². The average Bonchev–Trinajstić information content (AvgIpc) is 3.27. The van der Waals surface area contributed by atoms with Crippen LogP contribution in [0.2, 0.25) is 0 Å². The predicted molar refractivity (Wildman–Crippen MR) is 111 cm³/mol. The van der Waals surface area contributed by atoms with Crippen molar-refractivity contribution in [2.75, 3.05) is 6.54 Å². The first-order valence-corrected chi connectivity index (χ1v) is 9.17. The van der Waals surface area contributed by atoms with E-state index in [1.807, 2.05) is 65.4 Å². The van der Waals surface area contributed by atoms with Gasteiger partial charge in [-0.05, 0) is 36.3 Å². The van der Waals surface area contributed by atoms with Crippen molar-refractivity contribution in [1.29, 1.82) is 0 Å². The molecule has 5 nitrogen and oxygen atoms in total. The van der Waals surface area contributed by atoms with Crippen LogP contribution in [0.3, 0.4) is 0 Å². The fourth-order valence-corrected chi connectivity index (χ4v) is 3.09. The Morgan fingerprint density at radius 2 is 1.89 bits per heavy atom. The lowest BCUT2D eigenvalue weighted by atomic mass is 10.1. The van der Waals surface area contributed by atoms with Crippen molar-refractivity contribution in [2.24, 2.45) is 0 Å². The summed E-state index contributed by atoms with van der Waals surface area (Å²) in [6.45, 7) is 0.556. The van der Waals surface area contributed by atoms with Crippen molar-refractivity contribution < 1.29 is 4.79 Å². The third kappa shape index (κ3) is 4.15. The van der Waals surface area contributed by atoms with E-state index in [1.165, 1.54) is 6.08 Å². The van der Waals surface area contributed by atoms with E-state index >= 15 is 0 Å². The van der Waals surface area contributed by atoms with E-state index in [9.17, 15) is 4.79 Å². The van der Waals surface area contributed by atoms with Crippen LogP contribution in [-0.4, -0.2) is 27.0 Å². The SMILES string of the molecule is O=C(/C=C/c1ccc2ccccc2n1)NCCc1ccccc1-n1ccnc1. The fourth-order valence-electron chi connectivity index (χ4n) is 3.09. The summed E-state index contributed by atoms with van der Waals surface area (Å²) in [6, 6.07) is 19.9. The number of fused-ring (bicyclic) bond motifs is 1. The number of hydrogen-bond acceptors (Lipinski definition) is 3. The molecule has 0 aliphatic rings. The van der Waals surface area contributed by atoms with Crippen LogP contribution in [0.4, 0.5) is 0 Å². The number of benzene rings is 2. The monoisotopic (exact) mass is 368 g/mol. The molecule has 0 saturated carbocycles. The molecule has 0 aliphatic heterocycles. The molecule has 2 aromatic carbocycles. The zero-order valence-corrected chi connectivity index (χ0v) is 15.3. The van der Waals surface area contributed by atoms with Crippen LogP contribution in [0.1, 0.15) is 11.3 Å². The average molecular weight is 368 g/mol. The van der Waals surface area contributed by atoms with Crippen LogP contribution in [0.25, 0.3) is 22.7 Å². The van der Waals surface area contributed by atoms with Gasteiger partial charge in [0.05, 0.1) is 17.5 Å². The third-order valence-corrected chi connectivity index (χ3v) is 4.49. The molecule has 138 valence electrons. The van der Waals surface area contributed by atoms with Gasteiger partial charge in [0.2, 0.25) is 5.91 Å². The molecule has 4 aromatic rings. The summed E-state index contributed by atoms with van der Waals surface area (Å²) in [5.41, 5.74) is 3.91. The molecule has 2 aromatic heterocycles. The van der Waals surface area contributed by atoms with Gasteiger partial charge < -0.3 is 9.88 Å². The molecule has 0 aliphatic carbocycles. The van der Waals surface area contributed by atoms with Gasteiger partial charge in [0.1, 0.15) is 0 Å². The van der Waals surface area contributed by atoms with E-state index in [0.717, 1.165) is 34.3 Å². The number of amides is 1. The van der Waals surface area contributed by atoms with Crippen molar-refractivity contribution in [1.82, 2.24) is 19.9 Å². The van der Waals surface area contributed by atoms with Crippen LogP contribution in [0.5, 0.6) is 0 Å². The molecule has 0 unspecified atom stereocenters. The Bertz CT molecular complexity index is 1120. The molecule has 5 heteroatoms. The quantitative estimate of drug-likeness (QED) is 0.527. The number of para-hydroxylation sites is 2. The standard InChI is InChI=1S/C23H20N4O/c28-23(12-11-20-10-9-18-5-1-3-7-21(18)26-20)25-14-13-19-6-2-4-8-22(19)27-16-15-24-17-27/h1-12,15-17H,13-14H2,(H,25,28)/b12-11+. The minimum Gasteiger partial charge on any atom is -0.352 e. The highest BCUT2D eigenvalue weighted by molar-refractivity contribution is 5.91. The minimum atomic E-state index is -0.130. The maximum absolute atomic E-state index is 12.1. The molecular weight excluding hydrogens is 348 g/mol. The highest BCUT2D eigenvalue weighted by Gasteiger charge is 2.04. The number of hydrogen-bond donors (Lipinski definition) is 1. The summed E-state index contributed by atoms with van der Waals surface area (Å²) in [5, 5.41) is 4.02. The third-order valence-electron chi connectivity index (χ3n) is 4.49. The molecule has 0 fully saturated rings. The normalized spacial score (nSPS) is 11.1. The molecule has 0 saturated heterocycles. The molecule has 28 heavy (non-hydrogen) atoms. The number of nitrogens with zero attached hydrogens (tertiary/aromatic N) is 3. The first-order chi connectivity index (χ1) is 13.8. The summed E-state index contributed by atoms with van der Waals surface area (Å²) in [7, 11) is 0. The maximum atomic E-state index is 12.1. The second kappa shape index (κ2) is 8.31. The van der Waals surface area contributed by atoms with Gasteiger partial charge in [0, 0.05) is 36.1 Å². The molecule has 0 radical (unpaired) electrons. The second-order valence-electron chi connectivity index (χ2n) is 6.40. The molecule has 0 spiro atoms. The summed E-state index contributed by atoms with van der Waals surface area (Å²) in [5.74, 6) is -0.130. The number of rotatable bonds is 6. The Hall–Kier alpha value is -3.73. The largest absolute Gasteiger partial charge is 0.352 e. The lowest BCUT2D eigenvalue weighted by molar-refractivity contribution is -0.116. The van der Waals surface area contributed by atoms with Gasteiger partial charge in [0.25, 0.3) is 0 Å². The van der Waals surface area contributed by atoms with Gasteiger partial charge in [-0.1, -0.05) is 42.5 Å². The van der Waals surface area contributed by atoms with Gasteiger partial charge >= 0.3 is 0 Å².